The number of hydrogen-bond donors (Lipinski definition) is 2. The number of allylic oxidation sites excluding steroid dienone is 1. The highest BCUT2D eigenvalue weighted by molar-refractivity contribution is 7.98. The minimum absolute atomic E-state index is 0.249. The Morgan fingerprint density at radius 1 is 0.977 bits per heavy atom. The highest BCUT2D eigenvalue weighted by Gasteiger charge is 2.35. The smallest absolute Gasteiger partial charge is 0.255 e. The number of aromatic nitrogens is 3. The van der Waals surface area contributed by atoms with Gasteiger partial charge in [-0.15, -0.1) is 5.10 Å². The van der Waals surface area contributed by atoms with E-state index in [1.165, 1.54) is 11.8 Å². The van der Waals surface area contributed by atoms with E-state index >= 15 is 0 Å². The van der Waals surface area contributed by atoms with Gasteiger partial charge in [-0.25, -0.2) is 4.68 Å². The van der Waals surface area contributed by atoms with Gasteiger partial charge in [0.2, 0.25) is 11.1 Å². The first-order valence-electron chi connectivity index (χ1n) is 14.0. The zero-order chi connectivity index (χ0) is 30.5. The van der Waals surface area contributed by atoms with Crippen LogP contribution in [0.25, 0.3) is 0 Å². The summed E-state index contributed by atoms with van der Waals surface area (Å²) in [5.74, 6) is 2.03. The van der Waals surface area contributed by atoms with E-state index in [4.69, 9.17) is 31.2 Å². The first-order chi connectivity index (χ1) is 21.5. The van der Waals surface area contributed by atoms with Crippen LogP contribution in [0, 0.1) is 0 Å². The van der Waals surface area contributed by atoms with Crippen molar-refractivity contribution in [2.75, 3.05) is 17.7 Å². The van der Waals surface area contributed by atoms with Crippen molar-refractivity contribution in [3.63, 3.8) is 0 Å². The van der Waals surface area contributed by atoms with E-state index in [0.29, 0.717) is 56.9 Å². The molecule has 8 nitrogen and oxygen atoms in total. The van der Waals surface area contributed by atoms with Crippen molar-refractivity contribution in [1.82, 2.24) is 14.8 Å². The number of methoxy groups -OCH3 is 1. The summed E-state index contributed by atoms with van der Waals surface area (Å²) < 4.78 is 13.6. The molecule has 0 fully saturated rings. The van der Waals surface area contributed by atoms with Gasteiger partial charge in [-0.05, 0) is 53.9 Å². The van der Waals surface area contributed by atoms with E-state index in [1.54, 1.807) is 11.8 Å². The van der Waals surface area contributed by atoms with Gasteiger partial charge in [0.25, 0.3) is 5.91 Å². The zero-order valence-electron chi connectivity index (χ0n) is 24.2. The molecule has 2 heterocycles. The normalized spacial score (nSPS) is 14.0. The van der Waals surface area contributed by atoms with Gasteiger partial charge in [0.05, 0.1) is 12.7 Å². The summed E-state index contributed by atoms with van der Waals surface area (Å²) in [4.78, 5) is 18.6. The number of fused-ring (bicyclic) bond motifs is 1. The molecule has 0 saturated carbocycles. The SMILES string of the molecule is COc1cc(C2C(C(=O)Nc3ccccc3)=C(C)Nc3nc(SCc4ccccc4Cl)nn32)ccc1OCc1ccccc1. The maximum absolute atomic E-state index is 13.9. The molecular weight excluding hydrogens is 594 g/mol. The molecule has 0 saturated heterocycles. The highest BCUT2D eigenvalue weighted by atomic mass is 35.5. The van der Waals surface area contributed by atoms with Crippen molar-refractivity contribution in [1.29, 1.82) is 0 Å². The maximum atomic E-state index is 13.9. The fraction of sp³-hybridized carbons (Fsp3) is 0.147. The van der Waals surface area contributed by atoms with E-state index in [-0.39, 0.29) is 5.91 Å². The first-order valence-corrected chi connectivity index (χ1v) is 15.4. The van der Waals surface area contributed by atoms with Crippen molar-refractivity contribution in [3.8, 4) is 11.5 Å². The molecule has 44 heavy (non-hydrogen) atoms. The summed E-state index contributed by atoms with van der Waals surface area (Å²) in [6.45, 7) is 2.27. The van der Waals surface area contributed by atoms with Crippen molar-refractivity contribution in [2.24, 2.45) is 0 Å². The third-order valence-corrected chi connectivity index (χ3v) is 8.42. The van der Waals surface area contributed by atoms with Crippen LogP contribution in [-0.4, -0.2) is 27.8 Å². The molecule has 1 unspecified atom stereocenters. The van der Waals surface area contributed by atoms with E-state index in [2.05, 4.69) is 10.6 Å². The van der Waals surface area contributed by atoms with Gasteiger partial charge in [-0.2, -0.15) is 4.98 Å². The number of ether oxygens (including phenoxy) is 2. The van der Waals surface area contributed by atoms with E-state index in [0.717, 1.165) is 16.7 Å². The molecule has 222 valence electrons. The predicted molar refractivity (Wildman–Crippen MR) is 174 cm³/mol. The van der Waals surface area contributed by atoms with Gasteiger partial charge in [-0.1, -0.05) is 96.2 Å². The number of anilines is 2. The molecular formula is C34H30ClN5O3S. The molecule has 1 aromatic heterocycles. The summed E-state index contributed by atoms with van der Waals surface area (Å²) >= 11 is 7.86. The first kappa shape index (κ1) is 29.3. The van der Waals surface area contributed by atoms with Crippen LogP contribution in [-0.2, 0) is 17.2 Å². The molecule has 0 spiro atoms. The molecule has 1 aliphatic heterocycles. The van der Waals surface area contributed by atoms with Crippen LogP contribution in [0.3, 0.4) is 0 Å². The van der Waals surface area contributed by atoms with Crippen LogP contribution < -0.4 is 20.1 Å². The molecule has 1 atom stereocenters. The molecule has 2 N–H and O–H groups in total. The molecule has 0 radical (unpaired) electrons. The lowest BCUT2D eigenvalue weighted by Crippen LogP contribution is -2.31. The van der Waals surface area contributed by atoms with Crippen LogP contribution in [0.1, 0.15) is 29.7 Å². The lowest BCUT2D eigenvalue weighted by Gasteiger charge is -2.29. The maximum Gasteiger partial charge on any atom is 0.255 e. The van der Waals surface area contributed by atoms with Crippen LogP contribution in [0.2, 0.25) is 5.02 Å². The number of carbonyl (C=O) groups excluding carboxylic acids is 1. The minimum atomic E-state index is -0.589. The summed E-state index contributed by atoms with van der Waals surface area (Å²) in [6, 6.07) is 32.1. The van der Waals surface area contributed by atoms with Crippen molar-refractivity contribution < 1.29 is 14.3 Å². The molecule has 5 aromatic rings. The van der Waals surface area contributed by atoms with Crippen LogP contribution in [0.15, 0.2) is 120 Å². The third-order valence-electron chi connectivity index (χ3n) is 7.16. The highest BCUT2D eigenvalue weighted by Crippen LogP contribution is 2.40. The summed E-state index contributed by atoms with van der Waals surface area (Å²) in [5, 5.41) is 12.4. The fourth-order valence-corrected chi connectivity index (χ4v) is 6.10. The Labute approximate surface area is 265 Å². The second kappa shape index (κ2) is 13.3. The molecule has 1 aliphatic rings. The lowest BCUT2D eigenvalue weighted by molar-refractivity contribution is -0.113. The van der Waals surface area contributed by atoms with E-state index < -0.39 is 6.04 Å². The lowest BCUT2D eigenvalue weighted by atomic mass is 9.94. The number of nitrogens with zero attached hydrogens (tertiary/aromatic N) is 3. The standard InChI is InChI=1S/C34H30ClN5O3S/c1-22-30(32(41)37-26-14-7-4-8-15-26)31(24-17-18-28(29(19-24)42-2)43-20-23-11-5-3-6-12-23)40-33(36-22)38-34(39-40)44-21-25-13-9-10-16-27(25)35/h3-19,31H,20-21H2,1-2H3,(H,37,41)(H,36,38,39). The monoisotopic (exact) mass is 623 g/mol. The number of halogens is 1. The Bertz CT molecular complexity index is 1810. The van der Waals surface area contributed by atoms with Gasteiger partial charge in [-0.3, -0.25) is 4.79 Å². The molecule has 0 aliphatic carbocycles. The molecule has 6 rings (SSSR count). The third kappa shape index (κ3) is 6.44. The largest absolute Gasteiger partial charge is 0.493 e. The quantitative estimate of drug-likeness (QED) is 0.154. The minimum Gasteiger partial charge on any atom is -0.493 e. The number of amides is 1. The number of rotatable bonds is 10. The Morgan fingerprint density at radius 3 is 2.45 bits per heavy atom. The summed E-state index contributed by atoms with van der Waals surface area (Å²) in [6.07, 6.45) is 0. The molecule has 10 heteroatoms. The number of thioether (sulfide) groups is 1. The molecule has 0 bridgehead atoms. The van der Waals surface area contributed by atoms with E-state index in [9.17, 15) is 4.79 Å². The van der Waals surface area contributed by atoms with Gasteiger partial charge in [0.15, 0.2) is 11.5 Å². The summed E-state index contributed by atoms with van der Waals surface area (Å²) in [7, 11) is 1.60. The van der Waals surface area contributed by atoms with Gasteiger partial charge >= 0.3 is 0 Å². The van der Waals surface area contributed by atoms with Crippen molar-refractivity contribution >= 4 is 40.9 Å². The van der Waals surface area contributed by atoms with Crippen LogP contribution in [0.5, 0.6) is 11.5 Å². The Morgan fingerprint density at radius 2 is 1.70 bits per heavy atom. The number of benzene rings is 4. The number of nitrogens with one attached hydrogen (secondary N) is 2. The second-order valence-corrected chi connectivity index (χ2v) is 11.5. The second-order valence-electron chi connectivity index (χ2n) is 10.1. The Kier molecular flexibility index (Phi) is 8.86. The Balaban J connectivity index is 1.35. The van der Waals surface area contributed by atoms with E-state index in [1.807, 2.05) is 110 Å². The topological polar surface area (TPSA) is 90.3 Å². The molecule has 4 aromatic carbocycles. The van der Waals surface area contributed by atoms with Crippen molar-refractivity contribution in [3.05, 3.63) is 136 Å². The number of para-hydroxylation sites is 1. The molecule has 1 amide bonds. The zero-order valence-corrected chi connectivity index (χ0v) is 25.7. The predicted octanol–water partition coefficient (Wildman–Crippen LogP) is 7.74. The van der Waals surface area contributed by atoms with Crippen LogP contribution >= 0.6 is 23.4 Å². The van der Waals surface area contributed by atoms with Crippen LogP contribution in [0.4, 0.5) is 11.6 Å². The average Bonchev–Trinajstić information content (AvgIpc) is 3.46. The van der Waals surface area contributed by atoms with Crippen molar-refractivity contribution in [2.45, 2.75) is 30.5 Å². The number of hydrogen-bond acceptors (Lipinski definition) is 7. The fourth-order valence-electron chi connectivity index (χ4n) is 4.98. The average molecular weight is 624 g/mol. The van der Waals surface area contributed by atoms with Gasteiger partial charge < -0.3 is 20.1 Å². The van der Waals surface area contributed by atoms with Gasteiger partial charge in [0.1, 0.15) is 12.6 Å². The Hall–Kier alpha value is -4.73. The summed E-state index contributed by atoms with van der Waals surface area (Å²) in [5.41, 5.74) is 4.71. The number of carbonyl (C=O) groups is 1. The van der Waals surface area contributed by atoms with Gasteiger partial charge in [0, 0.05) is 22.2 Å².